The van der Waals surface area contributed by atoms with Gasteiger partial charge in [0.2, 0.25) is 0 Å². The molecule has 79 heavy (non-hydrogen) atoms. The maximum atomic E-state index is 14.3. The van der Waals surface area contributed by atoms with E-state index in [0.717, 1.165) is 0 Å². The third-order valence-electron chi connectivity index (χ3n) is 10.3. The van der Waals surface area contributed by atoms with E-state index in [1.807, 2.05) is 0 Å². The van der Waals surface area contributed by atoms with Crippen LogP contribution in [-0.2, 0) is 19.6 Å². The second-order valence-electron chi connectivity index (χ2n) is 15.5. The molecule has 0 rings (SSSR count). The monoisotopic (exact) mass is 1310 g/mol. The lowest BCUT2D eigenvalue weighted by atomic mass is 9.81. The number of rotatable bonds is 28. The minimum Gasteiger partial charge on any atom is -0.465 e. The largest absolute Gasteiger partial charge is 0.465 e. The third-order valence-corrected chi connectivity index (χ3v) is 11.8. The molecule has 0 saturated carbocycles. The SMILES string of the molecule is CCC(C)C(=O)OCCCCNS(=O)(=O)C(F)(F)C(F)(F)C(F)(F)C(F)(F)C(F)(F)C(F)(F)C(F)(F)C(F)(F)C(F)(F)C(F)(F)C(F)(F)C(F)(F)C(F)(F)C(F)(F)C(F)(F)C(F)(F)C(F)(F)C(F)(F)C(F)(F)C(F)(F)C(F)(F)F. The Kier molecular flexibility index (Phi) is 19.1. The second kappa shape index (κ2) is 20.0. The van der Waals surface area contributed by atoms with Crippen LogP contribution in [0.15, 0.2) is 0 Å². The first-order valence-corrected chi connectivity index (χ1v) is 19.9. The van der Waals surface area contributed by atoms with Crippen LogP contribution >= 0.6 is 0 Å². The lowest BCUT2D eigenvalue weighted by Crippen LogP contribution is -2.81. The molecule has 0 fully saturated rings. The molecule has 0 heterocycles. The van der Waals surface area contributed by atoms with Crippen molar-refractivity contribution in [2.75, 3.05) is 13.2 Å². The van der Waals surface area contributed by atoms with Crippen molar-refractivity contribution < 1.29 is 207 Å². The van der Waals surface area contributed by atoms with Gasteiger partial charge >= 0.3 is 130 Å². The van der Waals surface area contributed by atoms with Crippen LogP contribution in [-0.4, -0.2) is 151 Å². The van der Waals surface area contributed by atoms with E-state index in [2.05, 4.69) is 4.74 Å². The van der Waals surface area contributed by atoms with Crippen molar-refractivity contribution in [3.8, 4) is 0 Å². The lowest BCUT2D eigenvalue weighted by molar-refractivity contribution is -0.496. The predicted octanol–water partition coefficient (Wildman–Crippen LogP) is 14.5. The number of sulfonamides is 1. The average Bonchev–Trinajstić information content (AvgIpc) is 3.25. The molecule has 0 saturated heterocycles. The summed E-state index contributed by atoms with van der Waals surface area (Å²) in [6.07, 6.45) is -10.5. The fourth-order valence-electron chi connectivity index (χ4n) is 4.89. The molecule has 0 spiro atoms. The van der Waals surface area contributed by atoms with Crippen LogP contribution in [0.1, 0.15) is 33.1 Å². The first kappa shape index (κ1) is 75.4. The number of hydrogen-bond acceptors (Lipinski definition) is 4. The van der Waals surface area contributed by atoms with Gasteiger partial charge in [-0.2, -0.15) is 189 Å². The number of alkyl halides is 43. The summed E-state index contributed by atoms with van der Waals surface area (Å²) in [4.78, 5) is 11.5. The van der Waals surface area contributed by atoms with Crippen LogP contribution in [0.5, 0.6) is 0 Å². The zero-order valence-corrected chi connectivity index (χ0v) is 36.7. The predicted molar refractivity (Wildman–Crippen MR) is 162 cm³/mol. The number of esters is 1. The van der Waals surface area contributed by atoms with E-state index in [9.17, 15) is 202 Å². The van der Waals surface area contributed by atoms with Crippen LogP contribution < -0.4 is 4.72 Å². The van der Waals surface area contributed by atoms with Gasteiger partial charge in [-0.3, -0.25) is 4.79 Å². The minimum absolute atomic E-state index is 0.0562. The molecular formula is C30H18F43NO4S. The molecule has 1 N–H and O–H groups in total. The number of carbonyl (C=O) groups is 1. The summed E-state index contributed by atoms with van der Waals surface area (Å²) < 4.78 is 626. The minimum atomic E-state index is -10.8. The standard InChI is InChI=1S/C30H18F43NO4S/c1-3-8(2)9(75)78-7-5-4-6-74-79(76,77)30(72,73)28(67,68)26(63,64)24(59,60)22(55,56)20(51,52)18(47,48)16(43,44)14(39,40)12(35,36)10(31,32)11(33,34)13(37,38)15(41,42)17(45,46)19(49,50)21(53,54)23(57,58)25(61,62)27(65,66)29(69,70)71/h8,74H,3-7H2,1-2H3. The van der Waals surface area contributed by atoms with Crippen molar-refractivity contribution in [3.05, 3.63) is 0 Å². The average molecular weight is 1310 g/mol. The molecular weight excluding hydrogens is 1290 g/mol. The Bertz CT molecular complexity index is 2280. The van der Waals surface area contributed by atoms with Crippen LogP contribution in [0.4, 0.5) is 189 Å². The van der Waals surface area contributed by atoms with Gasteiger partial charge in [-0.15, -0.1) is 0 Å². The van der Waals surface area contributed by atoms with E-state index in [0.29, 0.717) is 0 Å². The van der Waals surface area contributed by atoms with Crippen molar-refractivity contribution >= 4 is 16.0 Å². The van der Waals surface area contributed by atoms with Gasteiger partial charge in [0.15, 0.2) is 0 Å². The van der Waals surface area contributed by atoms with Gasteiger partial charge < -0.3 is 4.74 Å². The molecule has 0 aliphatic heterocycles. The van der Waals surface area contributed by atoms with Crippen molar-refractivity contribution in [2.24, 2.45) is 5.92 Å². The number of ether oxygens (including phenoxy) is 1. The van der Waals surface area contributed by atoms with Crippen molar-refractivity contribution in [1.82, 2.24) is 4.72 Å². The van der Waals surface area contributed by atoms with Gasteiger partial charge in [0.05, 0.1) is 12.5 Å². The maximum absolute atomic E-state index is 14.3. The van der Waals surface area contributed by atoms with Crippen LogP contribution in [0.2, 0.25) is 0 Å². The summed E-state index contributed by atoms with van der Waals surface area (Å²) in [5.74, 6) is -197. The topological polar surface area (TPSA) is 72.5 Å². The first-order valence-electron chi connectivity index (χ1n) is 18.4. The fourth-order valence-corrected chi connectivity index (χ4v) is 5.95. The van der Waals surface area contributed by atoms with E-state index in [-0.39, 0.29) is 11.1 Å². The molecule has 474 valence electrons. The summed E-state index contributed by atoms with van der Waals surface area (Å²) in [5.41, 5.74) is 0. The fraction of sp³-hybridized carbons (Fsp3) is 0.967. The Morgan fingerprint density at radius 2 is 0.532 bits per heavy atom. The molecule has 0 aliphatic carbocycles. The molecule has 5 nitrogen and oxygen atoms in total. The van der Waals surface area contributed by atoms with E-state index in [1.165, 1.54) is 13.8 Å². The smallest absolute Gasteiger partial charge is 0.460 e. The number of nitrogens with one attached hydrogen (secondary N) is 1. The molecule has 0 aromatic rings. The Hall–Kier alpha value is -3.63. The molecule has 1 atom stereocenters. The van der Waals surface area contributed by atoms with Crippen LogP contribution in [0.3, 0.4) is 0 Å². The van der Waals surface area contributed by atoms with E-state index >= 15 is 0 Å². The van der Waals surface area contributed by atoms with Crippen molar-refractivity contribution in [1.29, 1.82) is 0 Å². The number of hydrogen-bond donors (Lipinski definition) is 1. The Labute approximate surface area is 404 Å². The molecule has 0 amide bonds. The van der Waals surface area contributed by atoms with E-state index in [4.69, 9.17) is 0 Å². The highest BCUT2D eigenvalue weighted by Crippen LogP contribution is 2.72. The number of halogens is 43. The second-order valence-corrected chi connectivity index (χ2v) is 17.3. The highest BCUT2D eigenvalue weighted by atomic mass is 32.2. The Morgan fingerprint density at radius 1 is 0.342 bits per heavy atom. The molecule has 49 heteroatoms. The Balaban J connectivity index is 7.77. The molecule has 0 aromatic heterocycles. The van der Waals surface area contributed by atoms with Crippen molar-refractivity contribution in [2.45, 2.75) is 157 Å². The quantitative estimate of drug-likeness (QED) is 0.0481. The van der Waals surface area contributed by atoms with E-state index in [1.54, 1.807) is 0 Å². The van der Waals surface area contributed by atoms with Crippen molar-refractivity contribution in [3.63, 3.8) is 0 Å². The maximum Gasteiger partial charge on any atom is 0.460 e. The highest BCUT2D eigenvalue weighted by molar-refractivity contribution is 7.90. The van der Waals surface area contributed by atoms with Gasteiger partial charge in [-0.1, -0.05) is 13.8 Å². The van der Waals surface area contributed by atoms with Gasteiger partial charge in [0.25, 0.3) is 10.0 Å². The van der Waals surface area contributed by atoms with E-state index < -0.39 is 172 Å². The summed E-state index contributed by atoms with van der Waals surface area (Å²) >= 11 is 0. The van der Waals surface area contributed by atoms with Gasteiger partial charge in [-0.05, 0) is 19.3 Å². The van der Waals surface area contributed by atoms with Gasteiger partial charge in [-0.25, -0.2) is 13.1 Å². The highest BCUT2D eigenvalue weighted by Gasteiger charge is 3.04. The lowest BCUT2D eigenvalue weighted by Gasteiger charge is -2.47. The molecule has 0 aliphatic rings. The zero-order chi connectivity index (χ0) is 65.1. The first-order chi connectivity index (χ1) is 33.6. The van der Waals surface area contributed by atoms with Crippen LogP contribution in [0, 0.1) is 5.92 Å². The van der Waals surface area contributed by atoms with Crippen LogP contribution in [0.25, 0.3) is 0 Å². The Morgan fingerprint density at radius 3 is 0.722 bits per heavy atom. The molecule has 0 radical (unpaired) electrons. The summed E-state index contributed by atoms with van der Waals surface area (Å²) in [5, 5.41) is -8.35. The molecule has 0 aromatic carbocycles. The molecule has 1 unspecified atom stereocenters. The summed E-state index contributed by atoms with van der Waals surface area (Å²) in [6, 6.07) is 0. The normalized spacial score (nSPS) is 17.1. The summed E-state index contributed by atoms with van der Waals surface area (Å²) in [7, 11) is -8.04. The third kappa shape index (κ3) is 9.61. The molecule has 0 bridgehead atoms. The zero-order valence-electron chi connectivity index (χ0n) is 35.9. The number of unbranched alkanes of at least 4 members (excludes halogenated alkanes) is 1. The van der Waals surface area contributed by atoms with Gasteiger partial charge in [0.1, 0.15) is 0 Å². The summed E-state index contributed by atoms with van der Waals surface area (Å²) in [6.45, 7) is -0.222. The van der Waals surface area contributed by atoms with Gasteiger partial charge in [0, 0.05) is 6.54 Å². The number of carbonyl (C=O) groups excluding carboxylic acids is 1.